The van der Waals surface area contributed by atoms with Crippen LogP contribution in [0.25, 0.3) is 22.2 Å². The maximum Gasteiger partial charge on any atom is 0.331 e. The molecular formula is C27H29N3O5. The van der Waals surface area contributed by atoms with Gasteiger partial charge < -0.3 is 18.8 Å². The van der Waals surface area contributed by atoms with Gasteiger partial charge in [-0.1, -0.05) is 12.1 Å². The van der Waals surface area contributed by atoms with E-state index in [1.54, 1.807) is 25.8 Å². The zero-order chi connectivity index (χ0) is 25.1. The van der Waals surface area contributed by atoms with Gasteiger partial charge >= 0.3 is 5.69 Å². The molecule has 0 radical (unpaired) electrons. The van der Waals surface area contributed by atoms with E-state index in [0.29, 0.717) is 23.3 Å². The quantitative estimate of drug-likeness (QED) is 0.451. The molecule has 0 N–H and O–H groups in total. The van der Waals surface area contributed by atoms with Crippen LogP contribution in [-0.4, -0.2) is 34.5 Å². The summed E-state index contributed by atoms with van der Waals surface area (Å²) in [6.07, 6.45) is -0.495. The van der Waals surface area contributed by atoms with Gasteiger partial charge in [-0.2, -0.15) is 0 Å². The van der Waals surface area contributed by atoms with E-state index < -0.39 is 11.6 Å². The Balaban J connectivity index is 1.96. The third-order valence-corrected chi connectivity index (χ3v) is 6.83. The maximum absolute atomic E-state index is 13.6. The van der Waals surface area contributed by atoms with Gasteiger partial charge in [0.25, 0.3) is 5.56 Å². The molecule has 1 atom stereocenters. The minimum absolute atomic E-state index is 0.337. The predicted molar refractivity (Wildman–Crippen MR) is 135 cm³/mol. The topological polar surface area (TPSA) is 76.6 Å². The summed E-state index contributed by atoms with van der Waals surface area (Å²) < 4.78 is 22.1. The summed E-state index contributed by atoms with van der Waals surface area (Å²) in [5.74, 6) is 1.43. The highest BCUT2D eigenvalue weighted by atomic mass is 16.5. The molecule has 5 rings (SSSR count). The summed E-state index contributed by atoms with van der Waals surface area (Å²) >= 11 is 0. The van der Waals surface area contributed by atoms with E-state index in [-0.39, 0.29) is 11.2 Å². The molecule has 0 fully saturated rings. The predicted octanol–water partition coefficient (Wildman–Crippen LogP) is 3.58. The molecule has 0 amide bonds. The van der Waals surface area contributed by atoms with Crippen LogP contribution in [0.1, 0.15) is 31.2 Å². The van der Waals surface area contributed by atoms with Gasteiger partial charge in [-0.15, -0.1) is 0 Å². The summed E-state index contributed by atoms with van der Waals surface area (Å²) in [5, 5.41) is 0.487. The van der Waals surface area contributed by atoms with Gasteiger partial charge in [0.15, 0.2) is 0 Å². The number of nitrogens with zero attached hydrogens (tertiary/aromatic N) is 3. The molecule has 35 heavy (non-hydrogen) atoms. The van der Waals surface area contributed by atoms with Crippen molar-refractivity contribution in [2.75, 3.05) is 20.8 Å². The molecule has 8 nitrogen and oxygen atoms in total. The van der Waals surface area contributed by atoms with Crippen LogP contribution in [0.5, 0.6) is 11.5 Å². The second-order valence-electron chi connectivity index (χ2n) is 9.51. The highest BCUT2D eigenvalue weighted by Gasteiger charge is 2.40. The summed E-state index contributed by atoms with van der Waals surface area (Å²) in [6, 6.07) is 15.3. The van der Waals surface area contributed by atoms with Crippen molar-refractivity contribution in [2.24, 2.45) is 14.1 Å². The van der Waals surface area contributed by atoms with Crippen molar-refractivity contribution >= 4 is 10.9 Å². The van der Waals surface area contributed by atoms with Gasteiger partial charge in [-0.3, -0.25) is 13.9 Å². The number of rotatable bonds is 4. The van der Waals surface area contributed by atoms with E-state index in [0.717, 1.165) is 32.8 Å². The van der Waals surface area contributed by atoms with Crippen molar-refractivity contribution in [3.05, 3.63) is 80.6 Å². The lowest BCUT2D eigenvalue weighted by molar-refractivity contribution is -0.00714. The van der Waals surface area contributed by atoms with E-state index in [1.807, 2.05) is 48.5 Å². The Morgan fingerprint density at radius 1 is 0.943 bits per heavy atom. The van der Waals surface area contributed by atoms with E-state index in [2.05, 4.69) is 18.4 Å². The number of hydrogen-bond donors (Lipinski definition) is 0. The molecule has 1 aliphatic rings. The Labute approximate surface area is 202 Å². The Hall–Kier alpha value is -3.78. The van der Waals surface area contributed by atoms with Gasteiger partial charge in [0.05, 0.1) is 48.7 Å². The number of aryl methyl sites for hydroxylation is 1. The number of methoxy groups -OCH3 is 2. The molecule has 1 unspecified atom stereocenters. The SMILES string of the molecule is COc1ccc(-c2c3c(=O)n(C)c(=O)n(C)c3c3n2C(C)(C)COC3c2cccc(OC)c2)cc1. The van der Waals surface area contributed by atoms with Gasteiger partial charge in [0.1, 0.15) is 17.6 Å². The average Bonchev–Trinajstić information content (AvgIpc) is 3.24. The zero-order valence-electron chi connectivity index (χ0n) is 20.8. The molecule has 1 aliphatic heterocycles. The van der Waals surface area contributed by atoms with Crippen molar-refractivity contribution in [3.8, 4) is 22.8 Å². The van der Waals surface area contributed by atoms with E-state index >= 15 is 0 Å². The van der Waals surface area contributed by atoms with E-state index in [1.165, 1.54) is 7.05 Å². The van der Waals surface area contributed by atoms with E-state index in [4.69, 9.17) is 14.2 Å². The average molecular weight is 476 g/mol. The maximum atomic E-state index is 13.6. The monoisotopic (exact) mass is 475 g/mol. The first-order chi connectivity index (χ1) is 16.7. The van der Waals surface area contributed by atoms with Crippen LogP contribution in [0, 0.1) is 0 Å². The van der Waals surface area contributed by atoms with Crippen molar-refractivity contribution < 1.29 is 14.2 Å². The van der Waals surface area contributed by atoms with Crippen molar-refractivity contribution in [3.63, 3.8) is 0 Å². The minimum atomic E-state index is -0.495. The van der Waals surface area contributed by atoms with Gasteiger partial charge in [-0.05, 0) is 61.4 Å². The smallest absolute Gasteiger partial charge is 0.331 e. The fraction of sp³-hybridized carbons (Fsp3) is 0.333. The van der Waals surface area contributed by atoms with Crippen LogP contribution in [0.15, 0.2) is 58.1 Å². The lowest BCUT2D eigenvalue weighted by Gasteiger charge is -2.39. The van der Waals surface area contributed by atoms with Gasteiger partial charge in [0.2, 0.25) is 0 Å². The highest BCUT2D eigenvalue weighted by Crippen LogP contribution is 2.45. The number of aromatic nitrogens is 3. The molecule has 0 spiro atoms. The molecule has 0 bridgehead atoms. The van der Waals surface area contributed by atoms with Gasteiger partial charge in [-0.25, -0.2) is 4.79 Å². The molecule has 8 heteroatoms. The Morgan fingerprint density at radius 2 is 1.63 bits per heavy atom. The van der Waals surface area contributed by atoms with Crippen LogP contribution in [0.4, 0.5) is 0 Å². The first-order valence-corrected chi connectivity index (χ1v) is 11.4. The fourth-order valence-electron chi connectivity index (χ4n) is 5.08. The van der Waals surface area contributed by atoms with Crippen molar-refractivity contribution in [1.82, 2.24) is 13.7 Å². The summed E-state index contributed by atoms with van der Waals surface area (Å²) in [6.45, 7) is 4.57. The second-order valence-corrected chi connectivity index (χ2v) is 9.51. The minimum Gasteiger partial charge on any atom is -0.497 e. The lowest BCUT2D eigenvalue weighted by Crippen LogP contribution is -2.40. The van der Waals surface area contributed by atoms with E-state index in [9.17, 15) is 9.59 Å². The Morgan fingerprint density at radius 3 is 2.29 bits per heavy atom. The third-order valence-electron chi connectivity index (χ3n) is 6.83. The second kappa shape index (κ2) is 8.16. The molecule has 3 heterocycles. The lowest BCUT2D eigenvalue weighted by atomic mass is 9.98. The first kappa shape index (κ1) is 23.0. The summed E-state index contributed by atoms with van der Waals surface area (Å²) in [7, 11) is 6.46. The molecule has 0 aliphatic carbocycles. The third kappa shape index (κ3) is 3.39. The van der Waals surface area contributed by atoms with Crippen LogP contribution >= 0.6 is 0 Å². The normalized spacial score (nSPS) is 16.8. The molecule has 2 aromatic carbocycles. The zero-order valence-corrected chi connectivity index (χ0v) is 20.8. The van der Waals surface area contributed by atoms with Crippen LogP contribution in [0.2, 0.25) is 0 Å². The van der Waals surface area contributed by atoms with Gasteiger partial charge in [0, 0.05) is 14.1 Å². The fourth-order valence-corrected chi connectivity index (χ4v) is 5.08. The standard InChI is InChI=1S/C27H29N3O5/c1-27(2)15-35-24(17-8-7-9-19(14-17)34-6)23-22-20(25(31)29(4)26(32)28(22)3)21(30(23)27)16-10-12-18(33-5)13-11-16/h7-14,24H,15H2,1-6H3. The molecule has 4 aromatic rings. The number of benzene rings is 2. The summed E-state index contributed by atoms with van der Waals surface area (Å²) in [5.41, 5.74) is 2.64. The molecule has 0 saturated carbocycles. The van der Waals surface area contributed by atoms with Crippen LogP contribution in [0.3, 0.4) is 0 Å². The number of hydrogen-bond acceptors (Lipinski definition) is 5. The first-order valence-electron chi connectivity index (χ1n) is 11.4. The molecule has 2 aromatic heterocycles. The Kier molecular flexibility index (Phi) is 5.36. The summed E-state index contributed by atoms with van der Waals surface area (Å²) in [4.78, 5) is 26.7. The molecule has 0 saturated heterocycles. The van der Waals surface area contributed by atoms with Crippen LogP contribution in [-0.2, 0) is 24.4 Å². The molecular weight excluding hydrogens is 446 g/mol. The largest absolute Gasteiger partial charge is 0.497 e. The number of ether oxygens (including phenoxy) is 3. The van der Waals surface area contributed by atoms with Crippen LogP contribution < -0.4 is 20.7 Å². The molecule has 182 valence electrons. The van der Waals surface area contributed by atoms with Crippen molar-refractivity contribution in [2.45, 2.75) is 25.5 Å². The van der Waals surface area contributed by atoms with Crippen molar-refractivity contribution in [1.29, 1.82) is 0 Å². The number of fused-ring (bicyclic) bond motifs is 3. The highest BCUT2D eigenvalue weighted by molar-refractivity contribution is 5.97. The Bertz CT molecular complexity index is 1560.